The highest BCUT2D eigenvalue weighted by Gasteiger charge is 2.14. The maximum absolute atomic E-state index is 12.0. The Balaban J connectivity index is 2.03. The first-order valence-electron chi connectivity index (χ1n) is 7.13. The smallest absolute Gasteiger partial charge is 0.267 e. The fourth-order valence-electron chi connectivity index (χ4n) is 1.92. The third kappa shape index (κ3) is 4.40. The van der Waals surface area contributed by atoms with Crippen LogP contribution in [0.2, 0.25) is 0 Å². The molecule has 0 radical (unpaired) electrons. The molecule has 0 saturated carbocycles. The molecule has 0 heterocycles. The van der Waals surface area contributed by atoms with Gasteiger partial charge in [0.05, 0.1) is 9.82 Å². The second-order valence-corrected chi connectivity index (χ2v) is 6.83. The minimum atomic E-state index is -3.62. The lowest BCUT2D eigenvalue weighted by atomic mass is 10.2. The van der Waals surface area contributed by atoms with Crippen molar-refractivity contribution in [1.29, 1.82) is 0 Å². The van der Waals surface area contributed by atoms with E-state index in [-0.39, 0.29) is 21.7 Å². The number of non-ortho nitro benzene ring substituents is 1. The number of nitrogens with zero attached hydrogens (tertiary/aromatic N) is 1. The summed E-state index contributed by atoms with van der Waals surface area (Å²) in [6.07, 6.45) is 0. The van der Waals surface area contributed by atoms with Gasteiger partial charge in [-0.1, -0.05) is 6.07 Å². The molecule has 0 fully saturated rings. The van der Waals surface area contributed by atoms with E-state index < -0.39 is 26.8 Å². The summed E-state index contributed by atoms with van der Waals surface area (Å²) in [6, 6.07) is 10.0. The summed E-state index contributed by atoms with van der Waals surface area (Å²) in [5, 5.41) is 10.7. The van der Waals surface area contributed by atoms with Crippen molar-refractivity contribution in [2.24, 2.45) is 0 Å². The number of nitro groups is 1. The molecule has 0 aromatic heterocycles. The highest BCUT2D eigenvalue weighted by atomic mass is 32.2. The van der Waals surface area contributed by atoms with Gasteiger partial charge < -0.3 is 0 Å². The second-order valence-electron chi connectivity index (χ2n) is 4.95. The lowest BCUT2D eigenvalue weighted by Gasteiger charge is -2.08. The van der Waals surface area contributed by atoms with Crippen molar-refractivity contribution < 1.29 is 22.9 Å². The van der Waals surface area contributed by atoms with E-state index in [4.69, 9.17) is 0 Å². The largest absolute Gasteiger partial charge is 0.270 e. The fraction of sp³-hybridized carbons (Fsp3) is 0.0667. The van der Waals surface area contributed by atoms with Crippen LogP contribution in [0, 0.1) is 10.1 Å². The van der Waals surface area contributed by atoms with Crippen LogP contribution in [-0.4, -0.2) is 32.2 Å². The zero-order valence-electron chi connectivity index (χ0n) is 13.4. The highest BCUT2D eigenvalue weighted by molar-refractivity contribution is 7.89. The molecule has 0 saturated heterocycles. The van der Waals surface area contributed by atoms with E-state index in [1.165, 1.54) is 49.5 Å². The quantitative estimate of drug-likeness (QED) is 0.512. The SMILES string of the molecule is CNS(=O)(=O)c1ccc(C(=O)NNC(=O)c2cccc([N+](=O)[O-])c2)cc1. The molecule has 0 unspecified atom stereocenters. The lowest BCUT2D eigenvalue weighted by molar-refractivity contribution is -0.384. The van der Waals surface area contributed by atoms with Crippen LogP contribution in [0.4, 0.5) is 5.69 Å². The van der Waals surface area contributed by atoms with Crippen LogP contribution in [0.5, 0.6) is 0 Å². The Morgan fingerprint density at radius 3 is 2.08 bits per heavy atom. The first-order chi connectivity index (χ1) is 12.2. The molecular formula is C15H14N4O6S. The predicted octanol–water partition coefficient (Wildman–Crippen LogP) is 0.578. The van der Waals surface area contributed by atoms with Gasteiger partial charge in [-0.2, -0.15) is 0 Å². The maximum Gasteiger partial charge on any atom is 0.270 e. The molecule has 0 bridgehead atoms. The Kier molecular flexibility index (Phi) is 5.64. The molecule has 10 nitrogen and oxygen atoms in total. The van der Waals surface area contributed by atoms with Gasteiger partial charge >= 0.3 is 0 Å². The molecule has 0 aliphatic carbocycles. The zero-order valence-corrected chi connectivity index (χ0v) is 14.2. The van der Waals surface area contributed by atoms with Crippen LogP contribution < -0.4 is 15.6 Å². The first-order valence-corrected chi connectivity index (χ1v) is 8.61. The number of rotatable bonds is 5. The molecule has 2 aromatic carbocycles. The van der Waals surface area contributed by atoms with Crippen LogP contribution in [0.25, 0.3) is 0 Å². The topological polar surface area (TPSA) is 148 Å². The van der Waals surface area contributed by atoms with E-state index in [1.54, 1.807) is 0 Å². The van der Waals surface area contributed by atoms with Crippen molar-refractivity contribution in [2.75, 3.05) is 7.05 Å². The summed E-state index contributed by atoms with van der Waals surface area (Å²) in [4.78, 5) is 34.0. The lowest BCUT2D eigenvalue weighted by Crippen LogP contribution is -2.41. The van der Waals surface area contributed by atoms with Gasteiger partial charge in [-0.25, -0.2) is 13.1 Å². The number of nitro benzene ring substituents is 1. The van der Waals surface area contributed by atoms with Gasteiger partial charge in [0.25, 0.3) is 17.5 Å². The molecule has 11 heteroatoms. The zero-order chi connectivity index (χ0) is 19.3. The first kappa shape index (κ1) is 19.0. The number of sulfonamides is 1. The minimum absolute atomic E-state index is 0.00467. The molecule has 2 aromatic rings. The molecule has 2 rings (SSSR count). The summed E-state index contributed by atoms with van der Waals surface area (Å²) in [5.41, 5.74) is 4.12. The van der Waals surface area contributed by atoms with Gasteiger partial charge in [0.1, 0.15) is 0 Å². The average Bonchev–Trinajstić information content (AvgIpc) is 2.66. The van der Waals surface area contributed by atoms with Gasteiger partial charge in [-0.05, 0) is 37.4 Å². The van der Waals surface area contributed by atoms with E-state index >= 15 is 0 Å². The predicted molar refractivity (Wildman–Crippen MR) is 90.7 cm³/mol. The molecule has 0 spiro atoms. The number of hydrogen-bond donors (Lipinski definition) is 3. The van der Waals surface area contributed by atoms with E-state index in [0.717, 1.165) is 6.07 Å². The number of amides is 2. The Labute approximate surface area is 148 Å². The average molecular weight is 378 g/mol. The third-order valence-electron chi connectivity index (χ3n) is 3.30. The maximum atomic E-state index is 12.0. The Bertz CT molecular complexity index is 956. The normalized spacial score (nSPS) is 10.8. The van der Waals surface area contributed by atoms with Gasteiger partial charge in [-0.3, -0.25) is 30.6 Å². The molecule has 26 heavy (non-hydrogen) atoms. The number of benzene rings is 2. The Morgan fingerprint density at radius 2 is 1.54 bits per heavy atom. The number of hydrazine groups is 1. The molecule has 2 amide bonds. The van der Waals surface area contributed by atoms with E-state index in [9.17, 15) is 28.1 Å². The number of nitrogens with one attached hydrogen (secondary N) is 3. The van der Waals surface area contributed by atoms with Crippen molar-refractivity contribution in [2.45, 2.75) is 4.90 Å². The van der Waals surface area contributed by atoms with Gasteiger partial charge in [0, 0.05) is 23.3 Å². The highest BCUT2D eigenvalue weighted by Crippen LogP contribution is 2.13. The van der Waals surface area contributed by atoms with E-state index in [0.29, 0.717) is 0 Å². The monoisotopic (exact) mass is 378 g/mol. The Hall–Kier alpha value is -3.31. The summed E-state index contributed by atoms with van der Waals surface area (Å²) >= 11 is 0. The number of carbonyl (C=O) groups is 2. The van der Waals surface area contributed by atoms with Crippen molar-refractivity contribution in [3.63, 3.8) is 0 Å². The third-order valence-corrected chi connectivity index (χ3v) is 4.73. The fourth-order valence-corrected chi connectivity index (χ4v) is 2.65. The van der Waals surface area contributed by atoms with E-state index in [1.807, 2.05) is 0 Å². The number of hydrogen-bond acceptors (Lipinski definition) is 6. The van der Waals surface area contributed by atoms with Crippen molar-refractivity contribution in [3.05, 3.63) is 69.8 Å². The van der Waals surface area contributed by atoms with Crippen LogP contribution in [0.3, 0.4) is 0 Å². The molecular weight excluding hydrogens is 364 g/mol. The minimum Gasteiger partial charge on any atom is -0.267 e. The van der Waals surface area contributed by atoms with Crippen molar-refractivity contribution >= 4 is 27.5 Å². The van der Waals surface area contributed by atoms with Crippen LogP contribution in [0.15, 0.2) is 53.4 Å². The van der Waals surface area contributed by atoms with Gasteiger partial charge in [0.15, 0.2) is 0 Å². The molecule has 3 N–H and O–H groups in total. The summed E-state index contributed by atoms with van der Waals surface area (Å²) in [6.45, 7) is 0. The van der Waals surface area contributed by atoms with Crippen LogP contribution >= 0.6 is 0 Å². The molecule has 0 atom stereocenters. The van der Waals surface area contributed by atoms with Crippen LogP contribution in [-0.2, 0) is 10.0 Å². The summed E-state index contributed by atoms with van der Waals surface area (Å²) in [5.74, 6) is -1.42. The van der Waals surface area contributed by atoms with E-state index in [2.05, 4.69) is 15.6 Å². The summed E-state index contributed by atoms with van der Waals surface area (Å²) < 4.78 is 25.4. The summed E-state index contributed by atoms with van der Waals surface area (Å²) in [7, 11) is -2.36. The standard InChI is InChI=1S/C15H14N4O6S/c1-16-26(24,25)13-7-5-10(6-8-13)14(20)17-18-15(21)11-3-2-4-12(9-11)19(22)23/h2-9,16H,1H3,(H,17,20)(H,18,21). The number of carbonyl (C=O) groups excluding carboxylic acids is 2. The van der Waals surface area contributed by atoms with Crippen molar-refractivity contribution in [3.8, 4) is 0 Å². The van der Waals surface area contributed by atoms with Crippen LogP contribution in [0.1, 0.15) is 20.7 Å². The molecule has 136 valence electrons. The molecule has 0 aliphatic rings. The Morgan fingerprint density at radius 1 is 0.962 bits per heavy atom. The van der Waals surface area contributed by atoms with Gasteiger partial charge in [0.2, 0.25) is 10.0 Å². The molecule has 0 aliphatic heterocycles. The van der Waals surface area contributed by atoms with Crippen molar-refractivity contribution in [1.82, 2.24) is 15.6 Å². The van der Waals surface area contributed by atoms with Gasteiger partial charge in [-0.15, -0.1) is 0 Å². The second kappa shape index (κ2) is 7.72.